The summed E-state index contributed by atoms with van der Waals surface area (Å²) in [6.07, 6.45) is 0.488. The average molecular weight is 388 g/mol. The molecule has 7 heteroatoms. The van der Waals surface area contributed by atoms with Gasteiger partial charge in [0, 0.05) is 17.7 Å². The second-order valence-corrected chi connectivity index (χ2v) is 7.10. The van der Waals surface area contributed by atoms with E-state index >= 15 is 0 Å². The maximum Gasteiger partial charge on any atom is 0.196 e. The van der Waals surface area contributed by atoms with Gasteiger partial charge in [-0.3, -0.25) is 9.36 Å². The van der Waals surface area contributed by atoms with Gasteiger partial charge in [0.25, 0.3) is 0 Å². The molecule has 0 unspecified atom stereocenters. The first-order valence-electron chi connectivity index (χ1n) is 8.07. The van der Waals surface area contributed by atoms with Crippen molar-refractivity contribution in [1.29, 1.82) is 0 Å². The monoisotopic (exact) mass is 387 g/mol. The van der Waals surface area contributed by atoms with E-state index in [-0.39, 0.29) is 5.78 Å². The highest BCUT2D eigenvalue weighted by molar-refractivity contribution is 7.99. The number of ketones is 1. The maximum absolute atomic E-state index is 11.2. The number of rotatable bonds is 7. The van der Waals surface area contributed by atoms with Gasteiger partial charge in [-0.2, -0.15) is 0 Å². The molecule has 0 N–H and O–H groups in total. The van der Waals surface area contributed by atoms with Gasteiger partial charge in [0.15, 0.2) is 11.0 Å². The topological polar surface area (TPSA) is 57.0 Å². The molecule has 0 aliphatic carbocycles. The zero-order chi connectivity index (χ0) is 18.5. The zero-order valence-electron chi connectivity index (χ0n) is 14.5. The summed E-state index contributed by atoms with van der Waals surface area (Å²) in [5.74, 6) is 2.12. The van der Waals surface area contributed by atoms with E-state index in [2.05, 4.69) is 10.2 Å². The van der Waals surface area contributed by atoms with Crippen molar-refractivity contribution < 1.29 is 9.53 Å². The van der Waals surface area contributed by atoms with Crippen molar-refractivity contribution in [2.75, 3.05) is 12.9 Å². The lowest BCUT2D eigenvalue weighted by atomic mass is 10.2. The van der Waals surface area contributed by atoms with Crippen LogP contribution in [0.15, 0.2) is 53.7 Å². The van der Waals surface area contributed by atoms with E-state index in [1.165, 1.54) is 11.8 Å². The second kappa shape index (κ2) is 8.38. The highest BCUT2D eigenvalue weighted by Gasteiger charge is 2.17. The van der Waals surface area contributed by atoms with Gasteiger partial charge in [0.05, 0.1) is 17.8 Å². The molecule has 2 aromatic carbocycles. The first-order chi connectivity index (χ1) is 12.6. The van der Waals surface area contributed by atoms with E-state index in [9.17, 15) is 4.79 Å². The molecule has 134 valence electrons. The fourth-order valence-corrected chi connectivity index (χ4v) is 3.69. The Kier molecular flexibility index (Phi) is 5.96. The smallest absolute Gasteiger partial charge is 0.196 e. The lowest BCUT2D eigenvalue weighted by molar-refractivity contribution is -0.116. The Labute approximate surface area is 161 Å². The first-order valence-corrected chi connectivity index (χ1v) is 9.43. The SMILES string of the molecule is COc1ccc(-n2c(SCCC(C)=O)nnc2-c2ccccc2)cc1Cl. The molecule has 3 rings (SSSR count). The standard InChI is InChI=1S/C19H18ClN3O2S/c1-13(24)10-11-26-19-22-21-18(14-6-4-3-5-7-14)23(19)15-8-9-17(25-2)16(20)12-15/h3-9,12H,10-11H2,1-2H3. The highest BCUT2D eigenvalue weighted by Crippen LogP contribution is 2.32. The number of benzene rings is 2. The first kappa shape index (κ1) is 18.5. The summed E-state index contributed by atoms with van der Waals surface area (Å²) in [7, 11) is 1.58. The molecule has 0 atom stereocenters. The van der Waals surface area contributed by atoms with E-state index in [1.54, 1.807) is 14.0 Å². The van der Waals surface area contributed by atoms with E-state index in [4.69, 9.17) is 16.3 Å². The number of hydrogen-bond acceptors (Lipinski definition) is 5. The van der Waals surface area contributed by atoms with Crippen LogP contribution in [0.2, 0.25) is 5.02 Å². The van der Waals surface area contributed by atoms with Crippen LogP contribution in [0.25, 0.3) is 17.1 Å². The van der Waals surface area contributed by atoms with E-state index in [1.807, 2.05) is 53.1 Å². The number of halogens is 1. The number of ether oxygens (including phenoxy) is 1. The molecule has 26 heavy (non-hydrogen) atoms. The van der Waals surface area contributed by atoms with Crippen molar-refractivity contribution >= 4 is 29.1 Å². The molecule has 0 saturated carbocycles. The Balaban J connectivity index is 2.05. The quantitative estimate of drug-likeness (QED) is 0.551. The molecule has 0 fully saturated rings. The summed E-state index contributed by atoms with van der Waals surface area (Å²) >= 11 is 7.81. The Morgan fingerprint density at radius 3 is 2.62 bits per heavy atom. The average Bonchev–Trinajstić information content (AvgIpc) is 3.06. The van der Waals surface area contributed by atoms with Crippen LogP contribution in [0.4, 0.5) is 0 Å². The summed E-state index contributed by atoms with van der Waals surface area (Å²) < 4.78 is 7.19. The number of aromatic nitrogens is 3. The predicted octanol–water partition coefficient (Wildman–Crippen LogP) is 4.67. The van der Waals surface area contributed by atoms with Crippen molar-refractivity contribution in [3.05, 3.63) is 53.6 Å². The molecule has 1 aromatic heterocycles. The third kappa shape index (κ3) is 4.08. The minimum Gasteiger partial charge on any atom is -0.495 e. The second-order valence-electron chi connectivity index (χ2n) is 5.63. The van der Waals surface area contributed by atoms with Crippen LogP contribution in [-0.2, 0) is 4.79 Å². The number of hydrogen-bond donors (Lipinski definition) is 0. The van der Waals surface area contributed by atoms with Crippen molar-refractivity contribution in [2.24, 2.45) is 0 Å². The van der Waals surface area contributed by atoms with Gasteiger partial charge < -0.3 is 4.74 Å². The van der Waals surface area contributed by atoms with Crippen molar-refractivity contribution in [1.82, 2.24) is 14.8 Å². The third-order valence-electron chi connectivity index (χ3n) is 3.74. The van der Waals surface area contributed by atoms with E-state index < -0.39 is 0 Å². The molecule has 0 amide bonds. The Bertz CT molecular complexity index is 912. The third-order valence-corrected chi connectivity index (χ3v) is 4.97. The Morgan fingerprint density at radius 1 is 1.19 bits per heavy atom. The van der Waals surface area contributed by atoms with Gasteiger partial charge in [-0.05, 0) is 25.1 Å². The van der Waals surface area contributed by atoms with Crippen LogP contribution in [0.3, 0.4) is 0 Å². The highest BCUT2D eigenvalue weighted by atomic mass is 35.5. The normalized spacial score (nSPS) is 10.7. The lowest BCUT2D eigenvalue weighted by Gasteiger charge is -2.12. The van der Waals surface area contributed by atoms with Crippen molar-refractivity contribution in [3.63, 3.8) is 0 Å². The van der Waals surface area contributed by atoms with Crippen molar-refractivity contribution in [2.45, 2.75) is 18.5 Å². The molecule has 1 heterocycles. The van der Waals surface area contributed by atoms with Crippen LogP contribution in [0, 0.1) is 0 Å². The van der Waals surface area contributed by atoms with E-state index in [0.717, 1.165) is 17.1 Å². The number of carbonyl (C=O) groups excluding carboxylic acids is 1. The van der Waals surface area contributed by atoms with Crippen LogP contribution in [0.1, 0.15) is 13.3 Å². The fourth-order valence-electron chi connectivity index (χ4n) is 2.45. The van der Waals surface area contributed by atoms with E-state index in [0.29, 0.717) is 28.1 Å². The summed E-state index contributed by atoms with van der Waals surface area (Å²) in [5, 5.41) is 9.92. The number of nitrogens with zero attached hydrogens (tertiary/aromatic N) is 3. The van der Waals surface area contributed by atoms with Gasteiger partial charge in [-0.1, -0.05) is 53.7 Å². The minimum absolute atomic E-state index is 0.152. The van der Waals surface area contributed by atoms with Crippen LogP contribution >= 0.6 is 23.4 Å². The van der Waals surface area contributed by atoms with Gasteiger partial charge in [0.1, 0.15) is 11.5 Å². The summed E-state index contributed by atoms with van der Waals surface area (Å²) in [4.78, 5) is 11.2. The van der Waals surface area contributed by atoms with Crippen LogP contribution < -0.4 is 4.74 Å². The predicted molar refractivity (Wildman–Crippen MR) is 104 cm³/mol. The zero-order valence-corrected chi connectivity index (χ0v) is 16.0. The molecular weight excluding hydrogens is 370 g/mol. The minimum atomic E-state index is 0.152. The number of thioether (sulfide) groups is 1. The summed E-state index contributed by atoms with van der Waals surface area (Å²) in [6.45, 7) is 1.59. The van der Waals surface area contributed by atoms with Crippen LogP contribution in [-0.4, -0.2) is 33.4 Å². The molecular formula is C19H18ClN3O2S. The van der Waals surface area contributed by atoms with Gasteiger partial charge in [-0.15, -0.1) is 10.2 Å². The fraction of sp³-hybridized carbons (Fsp3) is 0.211. The molecule has 0 aliphatic rings. The number of methoxy groups -OCH3 is 1. The maximum atomic E-state index is 11.2. The van der Waals surface area contributed by atoms with Crippen molar-refractivity contribution in [3.8, 4) is 22.8 Å². The molecule has 0 spiro atoms. The van der Waals surface area contributed by atoms with Gasteiger partial charge in [-0.25, -0.2) is 0 Å². The molecule has 0 saturated heterocycles. The van der Waals surface area contributed by atoms with Gasteiger partial charge in [0.2, 0.25) is 0 Å². The molecule has 0 bridgehead atoms. The molecule has 0 radical (unpaired) electrons. The molecule has 5 nitrogen and oxygen atoms in total. The molecule has 3 aromatic rings. The Morgan fingerprint density at radius 2 is 1.96 bits per heavy atom. The largest absolute Gasteiger partial charge is 0.495 e. The summed E-state index contributed by atoms with van der Waals surface area (Å²) in [6, 6.07) is 15.4. The summed E-state index contributed by atoms with van der Waals surface area (Å²) in [5.41, 5.74) is 1.79. The van der Waals surface area contributed by atoms with Crippen LogP contribution in [0.5, 0.6) is 5.75 Å². The number of carbonyl (C=O) groups is 1. The molecule has 0 aliphatic heterocycles. The Hall–Kier alpha value is -2.31. The van der Waals surface area contributed by atoms with Gasteiger partial charge >= 0.3 is 0 Å². The number of Topliss-reactive ketones (excluding diaryl/α,β-unsaturated/α-hetero) is 1. The lowest BCUT2D eigenvalue weighted by Crippen LogP contribution is -2.01.